The molecule has 0 fully saturated rings. The van der Waals surface area contributed by atoms with Crippen molar-refractivity contribution in [3.05, 3.63) is 33.9 Å². The van der Waals surface area contributed by atoms with Crippen molar-refractivity contribution in [3.8, 4) is 5.75 Å². The normalized spacial score (nSPS) is 9.92. The number of aromatic hydroxyl groups is 1. The minimum Gasteiger partial charge on any atom is -0.508 e. The lowest BCUT2D eigenvalue weighted by Crippen LogP contribution is -1.94. The molecule has 0 atom stereocenters. The van der Waals surface area contributed by atoms with Crippen LogP contribution in [0.15, 0.2) is 18.2 Å². The second kappa shape index (κ2) is 3.89. The van der Waals surface area contributed by atoms with E-state index in [1.165, 1.54) is 12.1 Å². The van der Waals surface area contributed by atoms with E-state index in [2.05, 4.69) is 0 Å². The summed E-state index contributed by atoms with van der Waals surface area (Å²) in [5, 5.41) is 19.6. The third-order valence-corrected chi connectivity index (χ3v) is 1.78. The molecule has 0 bridgehead atoms. The van der Waals surface area contributed by atoms with Gasteiger partial charge in [-0.05, 0) is 18.6 Å². The Kier molecular flexibility index (Phi) is 2.84. The quantitative estimate of drug-likeness (QED) is 0.574. The van der Waals surface area contributed by atoms with Crippen LogP contribution in [0, 0.1) is 10.1 Å². The van der Waals surface area contributed by atoms with Crippen molar-refractivity contribution in [1.82, 2.24) is 0 Å². The number of hydrogen-bond acceptors (Lipinski definition) is 3. The molecule has 0 heterocycles. The van der Waals surface area contributed by atoms with Crippen molar-refractivity contribution in [2.24, 2.45) is 0 Å². The fourth-order valence-electron chi connectivity index (χ4n) is 1.20. The van der Waals surface area contributed by atoms with E-state index >= 15 is 0 Å². The molecule has 0 aliphatic carbocycles. The predicted octanol–water partition coefficient (Wildman–Crippen LogP) is 2.25. The van der Waals surface area contributed by atoms with Gasteiger partial charge in [0.15, 0.2) is 0 Å². The highest BCUT2D eigenvalue weighted by Gasteiger charge is 2.12. The zero-order chi connectivity index (χ0) is 9.84. The standard InChI is InChI=1S/C9H11NO3/c1-2-3-7-4-5-8(11)6-9(7)10(12)13/h4-6,11H,2-3H2,1H3. The molecule has 0 radical (unpaired) electrons. The van der Waals surface area contributed by atoms with Gasteiger partial charge >= 0.3 is 0 Å². The van der Waals surface area contributed by atoms with Gasteiger partial charge in [0.05, 0.1) is 11.0 Å². The number of nitrogens with zero attached hydrogens (tertiary/aromatic N) is 1. The van der Waals surface area contributed by atoms with Crippen LogP contribution in [0.3, 0.4) is 0 Å². The predicted molar refractivity (Wildman–Crippen MR) is 48.8 cm³/mol. The van der Waals surface area contributed by atoms with E-state index in [1.807, 2.05) is 6.92 Å². The molecule has 0 unspecified atom stereocenters. The van der Waals surface area contributed by atoms with Crippen molar-refractivity contribution < 1.29 is 10.0 Å². The van der Waals surface area contributed by atoms with Crippen LogP contribution in [0.4, 0.5) is 5.69 Å². The highest BCUT2D eigenvalue weighted by Crippen LogP contribution is 2.24. The van der Waals surface area contributed by atoms with Crippen LogP contribution in [0.1, 0.15) is 18.9 Å². The number of nitro benzene ring substituents is 1. The zero-order valence-electron chi connectivity index (χ0n) is 7.36. The van der Waals surface area contributed by atoms with Gasteiger partial charge in [0.2, 0.25) is 0 Å². The minimum absolute atomic E-state index is 0.00171. The van der Waals surface area contributed by atoms with Crippen LogP contribution in [0.5, 0.6) is 5.75 Å². The van der Waals surface area contributed by atoms with Gasteiger partial charge in [-0.1, -0.05) is 13.3 Å². The lowest BCUT2D eigenvalue weighted by molar-refractivity contribution is -0.385. The van der Waals surface area contributed by atoms with Crippen molar-refractivity contribution >= 4 is 5.69 Å². The number of phenols is 1. The van der Waals surface area contributed by atoms with E-state index in [0.29, 0.717) is 12.0 Å². The Morgan fingerprint density at radius 3 is 2.77 bits per heavy atom. The summed E-state index contributed by atoms with van der Waals surface area (Å²) < 4.78 is 0. The van der Waals surface area contributed by atoms with Gasteiger partial charge in [0.1, 0.15) is 5.75 Å². The maximum Gasteiger partial charge on any atom is 0.276 e. The molecule has 4 nitrogen and oxygen atoms in total. The number of nitro groups is 1. The van der Waals surface area contributed by atoms with E-state index in [4.69, 9.17) is 5.11 Å². The summed E-state index contributed by atoms with van der Waals surface area (Å²) >= 11 is 0. The number of benzene rings is 1. The molecule has 0 saturated carbocycles. The molecule has 0 amide bonds. The van der Waals surface area contributed by atoms with Gasteiger partial charge in [-0.3, -0.25) is 10.1 Å². The van der Waals surface area contributed by atoms with Crippen molar-refractivity contribution in [1.29, 1.82) is 0 Å². The maximum absolute atomic E-state index is 10.5. The summed E-state index contributed by atoms with van der Waals surface area (Å²) in [7, 11) is 0. The Bertz CT molecular complexity index is 323. The lowest BCUT2D eigenvalue weighted by Gasteiger charge is -2.00. The summed E-state index contributed by atoms with van der Waals surface area (Å²) in [5.41, 5.74) is 0.673. The number of phenolic OH excluding ortho intramolecular Hbond substituents is 1. The summed E-state index contributed by atoms with van der Waals surface area (Å²) in [6, 6.07) is 4.25. The highest BCUT2D eigenvalue weighted by molar-refractivity contribution is 5.45. The molecule has 13 heavy (non-hydrogen) atoms. The third kappa shape index (κ3) is 2.18. The molecule has 0 spiro atoms. The monoisotopic (exact) mass is 181 g/mol. The third-order valence-electron chi connectivity index (χ3n) is 1.78. The first-order valence-corrected chi connectivity index (χ1v) is 4.11. The maximum atomic E-state index is 10.5. The van der Waals surface area contributed by atoms with Crippen LogP contribution >= 0.6 is 0 Å². The van der Waals surface area contributed by atoms with E-state index in [-0.39, 0.29) is 11.4 Å². The molecule has 0 aliphatic heterocycles. The molecule has 1 aromatic carbocycles. The Hall–Kier alpha value is -1.58. The summed E-state index contributed by atoms with van der Waals surface area (Å²) in [6.45, 7) is 1.95. The molecule has 1 aromatic rings. The largest absolute Gasteiger partial charge is 0.508 e. The van der Waals surface area contributed by atoms with E-state index < -0.39 is 4.92 Å². The van der Waals surface area contributed by atoms with E-state index in [1.54, 1.807) is 6.07 Å². The Morgan fingerprint density at radius 2 is 2.23 bits per heavy atom. The first kappa shape index (κ1) is 9.51. The van der Waals surface area contributed by atoms with Crippen LogP contribution < -0.4 is 0 Å². The Morgan fingerprint density at radius 1 is 1.54 bits per heavy atom. The van der Waals surface area contributed by atoms with E-state index in [9.17, 15) is 10.1 Å². The van der Waals surface area contributed by atoms with Gasteiger partial charge in [0.25, 0.3) is 5.69 Å². The summed E-state index contributed by atoms with van der Waals surface area (Å²) in [4.78, 5) is 10.1. The summed E-state index contributed by atoms with van der Waals surface area (Å²) in [5.74, 6) is -0.0634. The smallest absolute Gasteiger partial charge is 0.276 e. The molecule has 1 N–H and O–H groups in total. The van der Waals surface area contributed by atoms with Crippen molar-refractivity contribution in [3.63, 3.8) is 0 Å². The van der Waals surface area contributed by atoms with Gasteiger partial charge in [-0.15, -0.1) is 0 Å². The molecular weight excluding hydrogens is 170 g/mol. The van der Waals surface area contributed by atoms with Crippen LogP contribution in [0.25, 0.3) is 0 Å². The first-order valence-electron chi connectivity index (χ1n) is 4.11. The van der Waals surface area contributed by atoms with Crippen molar-refractivity contribution in [2.45, 2.75) is 19.8 Å². The van der Waals surface area contributed by atoms with Crippen LogP contribution in [-0.2, 0) is 6.42 Å². The average molecular weight is 181 g/mol. The minimum atomic E-state index is -0.468. The first-order chi connectivity index (χ1) is 6.15. The van der Waals surface area contributed by atoms with Crippen LogP contribution in [0.2, 0.25) is 0 Å². The Labute approximate surface area is 76.0 Å². The number of rotatable bonds is 3. The second-order valence-electron chi connectivity index (χ2n) is 2.82. The molecule has 0 saturated heterocycles. The van der Waals surface area contributed by atoms with E-state index in [0.717, 1.165) is 6.42 Å². The number of aryl methyl sites for hydroxylation is 1. The number of hydrogen-bond donors (Lipinski definition) is 1. The second-order valence-corrected chi connectivity index (χ2v) is 2.82. The fraction of sp³-hybridized carbons (Fsp3) is 0.333. The Balaban J connectivity index is 3.10. The molecular formula is C9H11NO3. The van der Waals surface area contributed by atoms with Crippen LogP contribution in [-0.4, -0.2) is 10.0 Å². The fourth-order valence-corrected chi connectivity index (χ4v) is 1.20. The topological polar surface area (TPSA) is 63.4 Å². The molecule has 70 valence electrons. The van der Waals surface area contributed by atoms with Gasteiger partial charge in [-0.2, -0.15) is 0 Å². The molecule has 4 heteroatoms. The zero-order valence-corrected chi connectivity index (χ0v) is 7.36. The molecule has 0 aliphatic rings. The van der Waals surface area contributed by atoms with Gasteiger partial charge in [-0.25, -0.2) is 0 Å². The lowest BCUT2D eigenvalue weighted by atomic mass is 10.1. The summed E-state index contributed by atoms with van der Waals surface area (Å²) in [6.07, 6.45) is 1.52. The van der Waals surface area contributed by atoms with Gasteiger partial charge < -0.3 is 5.11 Å². The average Bonchev–Trinajstić information content (AvgIpc) is 2.08. The molecule has 1 rings (SSSR count). The van der Waals surface area contributed by atoms with Gasteiger partial charge in [0, 0.05) is 5.56 Å². The van der Waals surface area contributed by atoms with Crippen molar-refractivity contribution in [2.75, 3.05) is 0 Å². The highest BCUT2D eigenvalue weighted by atomic mass is 16.6. The SMILES string of the molecule is CCCc1ccc(O)cc1[N+](=O)[O-]. The molecule has 0 aromatic heterocycles.